The second-order valence-electron chi connectivity index (χ2n) is 5.09. The van der Waals surface area contributed by atoms with E-state index in [0.717, 1.165) is 22.6 Å². The maximum absolute atomic E-state index is 5.73. The predicted molar refractivity (Wildman–Crippen MR) is 74.7 cm³/mol. The van der Waals surface area contributed by atoms with Crippen LogP contribution in [0.25, 0.3) is 11.2 Å². The van der Waals surface area contributed by atoms with Gasteiger partial charge >= 0.3 is 0 Å². The van der Waals surface area contributed by atoms with E-state index in [0.29, 0.717) is 5.65 Å². The smallest absolute Gasteiger partial charge is 0.180 e. The number of benzene rings is 1. The number of nitrogens with zero attached hydrogens (tertiary/aromatic N) is 3. The monoisotopic (exact) mass is 253 g/mol. The molecule has 3 rings (SSSR count). The van der Waals surface area contributed by atoms with Gasteiger partial charge in [-0.1, -0.05) is 12.1 Å². The van der Waals surface area contributed by atoms with Crippen molar-refractivity contribution in [3.8, 4) is 0 Å². The van der Waals surface area contributed by atoms with Gasteiger partial charge in [0, 0.05) is 11.1 Å². The molecular formula is C14H15N5. The number of nitrogen functional groups attached to an aromatic ring is 1. The molecule has 0 saturated carbocycles. The fourth-order valence-corrected chi connectivity index (χ4v) is 2.09. The van der Waals surface area contributed by atoms with Gasteiger partial charge in [-0.2, -0.15) is 0 Å². The lowest BCUT2D eigenvalue weighted by Crippen LogP contribution is -2.20. The van der Waals surface area contributed by atoms with Gasteiger partial charge < -0.3 is 10.7 Å². The first kappa shape index (κ1) is 11.6. The van der Waals surface area contributed by atoms with Crippen LogP contribution in [0, 0.1) is 0 Å². The maximum atomic E-state index is 5.73. The van der Waals surface area contributed by atoms with Crippen LogP contribution in [-0.2, 0) is 5.41 Å². The van der Waals surface area contributed by atoms with Crippen LogP contribution in [0.15, 0.2) is 36.8 Å². The van der Waals surface area contributed by atoms with Crippen molar-refractivity contribution in [1.82, 2.24) is 19.9 Å². The number of imidazole rings is 1. The number of rotatable bonds is 2. The lowest BCUT2D eigenvalue weighted by atomic mass is 9.84. The number of nitrogens with two attached hydrogens (primary N) is 1. The zero-order valence-corrected chi connectivity index (χ0v) is 10.9. The molecule has 0 atom stereocenters. The Morgan fingerprint density at radius 2 is 1.89 bits per heavy atom. The van der Waals surface area contributed by atoms with Crippen molar-refractivity contribution in [2.24, 2.45) is 0 Å². The molecule has 3 aromatic rings. The topological polar surface area (TPSA) is 80.5 Å². The lowest BCUT2D eigenvalue weighted by molar-refractivity contribution is 0.601. The molecule has 1 aromatic carbocycles. The van der Waals surface area contributed by atoms with E-state index in [4.69, 9.17) is 5.73 Å². The first-order chi connectivity index (χ1) is 9.07. The van der Waals surface area contributed by atoms with Crippen molar-refractivity contribution in [3.63, 3.8) is 0 Å². The van der Waals surface area contributed by atoms with Gasteiger partial charge in [0.1, 0.15) is 17.7 Å². The molecule has 3 N–H and O–H groups in total. The average Bonchev–Trinajstić information content (AvgIpc) is 2.83. The van der Waals surface area contributed by atoms with Gasteiger partial charge in [0.2, 0.25) is 0 Å². The summed E-state index contributed by atoms with van der Waals surface area (Å²) in [5.74, 6) is 0.868. The summed E-state index contributed by atoms with van der Waals surface area (Å²) in [6.45, 7) is 4.23. The normalized spacial score (nSPS) is 11.9. The Kier molecular flexibility index (Phi) is 2.48. The van der Waals surface area contributed by atoms with Gasteiger partial charge in [-0.3, -0.25) is 0 Å². The number of fused-ring (bicyclic) bond motifs is 1. The summed E-state index contributed by atoms with van der Waals surface area (Å²) in [6, 6.07) is 7.85. The Hall–Kier alpha value is -2.43. The molecular weight excluding hydrogens is 238 g/mol. The fraction of sp³-hybridized carbons (Fsp3) is 0.214. The maximum Gasteiger partial charge on any atom is 0.180 e. The second-order valence-corrected chi connectivity index (χ2v) is 5.09. The van der Waals surface area contributed by atoms with Crippen molar-refractivity contribution in [2.45, 2.75) is 19.3 Å². The molecule has 0 unspecified atom stereocenters. The fourth-order valence-electron chi connectivity index (χ4n) is 2.09. The predicted octanol–water partition coefficient (Wildman–Crippen LogP) is 2.26. The molecule has 2 heterocycles. The summed E-state index contributed by atoms with van der Waals surface area (Å²) >= 11 is 0. The highest BCUT2D eigenvalue weighted by Gasteiger charge is 2.26. The number of nitrogens with one attached hydrogen (secondary N) is 1. The average molecular weight is 253 g/mol. The number of anilines is 1. The molecule has 19 heavy (non-hydrogen) atoms. The second kappa shape index (κ2) is 4.05. The first-order valence-corrected chi connectivity index (χ1v) is 6.09. The van der Waals surface area contributed by atoms with Crippen LogP contribution in [0.3, 0.4) is 0 Å². The molecule has 0 amide bonds. The highest BCUT2D eigenvalue weighted by Crippen LogP contribution is 2.30. The van der Waals surface area contributed by atoms with E-state index >= 15 is 0 Å². The Labute approximate surface area is 110 Å². The third-order valence-corrected chi connectivity index (χ3v) is 3.39. The van der Waals surface area contributed by atoms with Crippen molar-refractivity contribution < 1.29 is 0 Å². The molecule has 0 aliphatic carbocycles. The van der Waals surface area contributed by atoms with Gasteiger partial charge in [-0.25, -0.2) is 15.0 Å². The molecule has 5 heteroatoms. The van der Waals surface area contributed by atoms with Gasteiger partial charge in [0.15, 0.2) is 5.65 Å². The van der Waals surface area contributed by atoms with Crippen LogP contribution in [0.1, 0.15) is 25.2 Å². The summed E-state index contributed by atoms with van der Waals surface area (Å²) in [5, 5.41) is 0. The number of H-pyrrole nitrogens is 1. The van der Waals surface area contributed by atoms with Crippen molar-refractivity contribution in [1.29, 1.82) is 0 Å². The van der Waals surface area contributed by atoms with Crippen LogP contribution in [0.2, 0.25) is 0 Å². The highest BCUT2D eigenvalue weighted by atomic mass is 15.0. The summed E-state index contributed by atoms with van der Waals surface area (Å²) in [5.41, 5.74) is 8.93. The summed E-state index contributed by atoms with van der Waals surface area (Å²) in [4.78, 5) is 16.0. The molecule has 0 aliphatic heterocycles. The van der Waals surface area contributed by atoms with Gasteiger partial charge in [0.05, 0.1) is 6.20 Å². The van der Waals surface area contributed by atoms with Crippen LogP contribution in [-0.4, -0.2) is 19.9 Å². The molecule has 0 saturated heterocycles. The van der Waals surface area contributed by atoms with Crippen molar-refractivity contribution in [3.05, 3.63) is 48.2 Å². The number of hydrogen-bond acceptors (Lipinski definition) is 4. The molecule has 2 aromatic heterocycles. The van der Waals surface area contributed by atoms with Gasteiger partial charge in [-0.05, 0) is 31.5 Å². The third-order valence-electron chi connectivity index (χ3n) is 3.39. The van der Waals surface area contributed by atoms with Crippen LogP contribution in [0.4, 0.5) is 5.69 Å². The van der Waals surface area contributed by atoms with E-state index in [2.05, 4.69) is 33.8 Å². The Morgan fingerprint density at radius 3 is 2.58 bits per heavy atom. The summed E-state index contributed by atoms with van der Waals surface area (Å²) < 4.78 is 0. The minimum absolute atomic E-state index is 0.242. The molecule has 0 radical (unpaired) electrons. The SMILES string of the molecule is CC(C)(c1ccc(N)cc1)c1nc2ncncc2[nH]1. The Morgan fingerprint density at radius 1 is 1.16 bits per heavy atom. The van der Waals surface area contributed by atoms with Gasteiger partial charge in [-0.15, -0.1) is 0 Å². The first-order valence-electron chi connectivity index (χ1n) is 6.09. The molecule has 0 aliphatic rings. The molecule has 0 fully saturated rings. The number of aromatic nitrogens is 4. The Balaban J connectivity index is 2.10. The largest absolute Gasteiger partial charge is 0.399 e. The van der Waals surface area contributed by atoms with Crippen LogP contribution < -0.4 is 5.73 Å². The third kappa shape index (κ3) is 1.93. The standard InChI is InChI=1S/C14H15N5/c1-14(2,9-3-5-10(15)6-4-9)13-18-11-7-16-8-17-12(11)19-13/h3-8H,15H2,1-2H3,(H,16,17,18,19). The van der Waals surface area contributed by atoms with E-state index in [-0.39, 0.29) is 5.41 Å². The minimum atomic E-state index is -0.242. The van der Waals surface area contributed by atoms with E-state index in [9.17, 15) is 0 Å². The minimum Gasteiger partial charge on any atom is -0.399 e. The van der Waals surface area contributed by atoms with Crippen LogP contribution in [0.5, 0.6) is 0 Å². The van der Waals surface area contributed by atoms with Crippen molar-refractivity contribution >= 4 is 16.9 Å². The summed E-state index contributed by atoms with van der Waals surface area (Å²) in [7, 11) is 0. The summed E-state index contributed by atoms with van der Waals surface area (Å²) in [6.07, 6.45) is 3.24. The molecule has 0 spiro atoms. The Bertz CT molecular complexity index is 679. The number of hydrogen-bond donors (Lipinski definition) is 2. The highest BCUT2D eigenvalue weighted by molar-refractivity contribution is 5.69. The zero-order chi connectivity index (χ0) is 13.5. The molecule has 5 nitrogen and oxygen atoms in total. The molecule has 0 bridgehead atoms. The van der Waals surface area contributed by atoms with E-state index in [1.165, 1.54) is 6.33 Å². The van der Waals surface area contributed by atoms with E-state index < -0.39 is 0 Å². The van der Waals surface area contributed by atoms with Gasteiger partial charge in [0.25, 0.3) is 0 Å². The lowest BCUT2D eigenvalue weighted by Gasteiger charge is -2.22. The number of aromatic amines is 1. The zero-order valence-electron chi connectivity index (χ0n) is 10.9. The molecule has 96 valence electrons. The van der Waals surface area contributed by atoms with E-state index in [1.54, 1.807) is 6.20 Å². The van der Waals surface area contributed by atoms with Crippen molar-refractivity contribution in [2.75, 3.05) is 5.73 Å². The quantitative estimate of drug-likeness (QED) is 0.686. The van der Waals surface area contributed by atoms with Crippen LogP contribution >= 0.6 is 0 Å². The van der Waals surface area contributed by atoms with E-state index in [1.807, 2.05) is 24.3 Å².